The van der Waals surface area contributed by atoms with Crippen molar-refractivity contribution >= 4 is 34.6 Å². The van der Waals surface area contributed by atoms with Crippen molar-refractivity contribution in [3.63, 3.8) is 0 Å². The van der Waals surface area contributed by atoms with Crippen molar-refractivity contribution in [1.82, 2.24) is 4.57 Å². The Morgan fingerprint density at radius 2 is 1.85 bits per heavy atom. The fourth-order valence-electron chi connectivity index (χ4n) is 3.11. The third-order valence-electron chi connectivity index (χ3n) is 4.41. The van der Waals surface area contributed by atoms with Crippen molar-refractivity contribution in [3.05, 3.63) is 65.4 Å². The molecule has 0 atom stereocenters. The molecular formula is C21H20N2O3. The number of Topliss-reactive ketones (excluding diaryl/α,β-unsaturated/α-hetero) is 1. The Hall–Kier alpha value is -3.21. The molecule has 0 saturated carbocycles. The van der Waals surface area contributed by atoms with Gasteiger partial charge in [0.15, 0.2) is 12.1 Å². The molecular weight excluding hydrogens is 328 g/mol. The highest BCUT2D eigenvalue weighted by molar-refractivity contribution is 6.00. The SMILES string of the molecule is CCc1cccc2c(C=O)cn(CC(=O)Nc3ccc(C(C)=O)cc3)c12. The minimum absolute atomic E-state index is 0.0184. The number of hydrogen-bond donors (Lipinski definition) is 1. The second-order valence-corrected chi connectivity index (χ2v) is 6.18. The first-order chi connectivity index (χ1) is 12.5. The Bertz CT molecular complexity index is 984. The lowest BCUT2D eigenvalue weighted by atomic mass is 10.1. The van der Waals surface area contributed by atoms with Gasteiger partial charge in [-0.25, -0.2) is 0 Å². The van der Waals surface area contributed by atoms with Gasteiger partial charge in [-0.15, -0.1) is 0 Å². The number of carbonyl (C=O) groups excluding carboxylic acids is 3. The van der Waals surface area contributed by atoms with Gasteiger partial charge in [0.05, 0.1) is 5.52 Å². The highest BCUT2D eigenvalue weighted by Gasteiger charge is 2.13. The normalized spacial score (nSPS) is 10.7. The molecule has 3 rings (SSSR count). The summed E-state index contributed by atoms with van der Waals surface area (Å²) in [6, 6.07) is 12.6. The molecule has 3 aromatic rings. The summed E-state index contributed by atoms with van der Waals surface area (Å²) in [6.07, 6.45) is 3.35. The van der Waals surface area contributed by atoms with Gasteiger partial charge in [-0.3, -0.25) is 14.4 Å². The Morgan fingerprint density at radius 1 is 1.12 bits per heavy atom. The van der Waals surface area contributed by atoms with E-state index in [1.165, 1.54) is 6.92 Å². The van der Waals surface area contributed by atoms with E-state index in [-0.39, 0.29) is 18.2 Å². The summed E-state index contributed by atoms with van der Waals surface area (Å²) in [5.74, 6) is -0.212. The largest absolute Gasteiger partial charge is 0.337 e. The topological polar surface area (TPSA) is 68.2 Å². The van der Waals surface area contributed by atoms with Crippen LogP contribution in [0.5, 0.6) is 0 Å². The minimum atomic E-state index is -0.194. The number of aromatic nitrogens is 1. The van der Waals surface area contributed by atoms with Crippen LogP contribution in [0.2, 0.25) is 0 Å². The zero-order valence-corrected chi connectivity index (χ0v) is 14.8. The lowest BCUT2D eigenvalue weighted by Gasteiger charge is -2.10. The molecule has 2 aromatic carbocycles. The zero-order chi connectivity index (χ0) is 18.7. The Morgan fingerprint density at radius 3 is 2.46 bits per heavy atom. The smallest absolute Gasteiger partial charge is 0.244 e. The predicted molar refractivity (Wildman–Crippen MR) is 102 cm³/mol. The van der Waals surface area contributed by atoms with Crippen LogP contribution in [0, 0.1) is 0 Å². The van der Waals surface area contributed by atoms with Crippen molar-refractivity contribution in [1.29, 1.82) is 0 Å². The van der Waals surface area contributed by atoms with E-state index in [0.29, 0.717) is 16.8 Å². The molecule has 1 N–H and O–H groups in total. The number of ketones is 1. The van der Waals surface area contributed by atoms with E-state index in [0.717, 1.165) is 29.2 Å². The minimum Gasteiger partial charge on any atom is -0.337 e. The second kappa shape index (κ2) is 7.35. The number of anilines is 1. The molecule has 5 nitrogen and oxygen atoms in total. The summed E-state index contributed by atoms with van der Waals surface area (Å²) < 4.78 is 1.82. The average molecular weight is 348 g/mol. The number of aldehydes is 1. The molecule has 0 aliphatic heterocycles. The van der Waals surface area contributed by atoms with E-state index in [2.05, 4.69) is 5.32 Å². The number of nitrogens with zero attached hydrogens (tertiary/aromatic N) is 1. The third-order valence-corrected chi connectivity index (χ3v) is 4.41. The molecule has 0 fully saturated rings. The number of para-hydroxylation sites is 1. The highest BCUT2D eigenvalue weighted by Crippen LogP contribution is 2.24. The van der Waals surface area contributed by atoms with Crippen molar-refractivity contribution in [2.24, 2.45) is 0 Å². The second-order valence-electron chi connectivity index (χ2n) is 6.18. The van der Waals surface area contributed by atoms with Crippen LogP contribution in [0.25, 0.3) is 10.9 Å². The summed E-state index contributed by atoms with van der Waals surface area (Å²) in [5, 5.41) is 3.69. The number of amides is 1. The molecule has 1 aromatic heterocycles. The van der Waals surface area contributed by atoms with E-state index in [1.807, 2.05) is 29.7 Å². The molecule has 132 valence electrons. The Labute approximate surface area is 151 Å². The molecule has 0 aliphatic carbocycles. The summed E-state index contributed by atoms with van der Waals surface area (Å²) in [6.45, 7) is 3.65. The van der Waals surface area contributed by atoms with Gasteiger partial charge in [0.1, 0.15) is 6.54 Å². The van der Waals surface area contributed by atoms with Gasteiger partial charge >= 0.3 is 0 Å². The molecule has 0 radical (unpaired) electrons. The van der Waals surface area contributed by atoms with Gasteiger partial charge < -0.3 is 9.88 Å². The fraction of sp³-hybridized carbons (Fsp3) is 0.190. The molecule has 26 heavy (non-hydrogen) atoms. The molecule has 1 heterocycles. The van der Waals surface area contributed by atoms with Crippen LogP contribution in [0.15, 0.2) is 48.7 Å². The van der Waals surface area contributed by atoms with Crippen LogP contribution >= 0.6 is 0 Å². The maximum Gasteiger partial charge on any atom is 0.244 e. The lowest BCUT2D eigenvalue weighted by Crippen LogP contribution is -2.18. The van der Waals surface area contributed by atoms with Gasteiger partial charge in [0.2, 0.25) is 5.91 Å². The number of hydrogen-bond acceptors (Lipinski definition) is 3. The molecule has 0 bridgehead atoms. The van der Waals surface area contributed by atoms with Gasteiger partial charge in [-0.2, -0.15) is 0 Å². The number of nitrogens with one attached hydrogen (secondary N) is 1. The summed E-state index contributed by atoms with van der Waals surface area (Å²) >= 11 is 0. The van der Waals surface area contributed by atoms with E-state index in [1.54, 1.807) is 30.5 Å². The van der Waals surface area contributed by atoms with Crippen LogP contribution in [-0.2, 0) is 17.8 Å². The molecule has 0 unspecified atom stereocenters. The molecule has 0 saturated heterocycles. The number of rotatable bonds is 6. The molecule has 0 spiro atoms. The van der Waals surface area contributed by atoms with Gasteiger partial charge in [-0.05, 0) is 43.2 Å². The quantitative estimate of drug-likeness (QED) is 0.543. The van der Waals surface area contributed by atoms with E-state index in [4.69, 9.17) is 0 Å². The summed E-state index contributed by atoms with van der Waals surface area (Å²) in [5.41, 5.74) is 3.81. The van der Waals surface area contributed by atoms with Crippen LogP contribution in [0.1, 0.15) is 40.1 Å². The van der Waals surface area contributed by atoms with Crippen LogP contribution in [0.3, 0.4) is 0 Å². The van der Waals surface area contributed by atoms with Crippen molar-refractivity contribution < 1.29 is 14.4 Å². The molecule has 1 amide bonds. The van der Waals surface area contributed by atoms with Crippen LogP contribution in [0.4, 0.5) is 5.69 Å². The van der Waals surface area contributed by atoms with Crippen LogP contribution < -0.4 is 5.32 Å². The first-order valence-electron chi connectivity index (χ1n) is 8.50. The first-order valence-corrected chi connectivity index (χ1v) is 8.50. The number of fused-ring (bicyclic) bond motifs is 1. The number of aryl methyl sites for hydroxylation is 1. The van der Waals surface area contributed by atoms with Crippen molar-refractivity contribution in [3.8, 4) is 0 Å². The maximum atomic E-state index is 12.5. The standard InChI is InChI=1S/C21H20N2O3/c1-3-15-5-4-6-19-17(13-24)11-23(21(15)19)12-20(26)22-18-9-7-16(8-10-18)14(2)25/h4-11,13H,3,12H2,1-2H3,(H,22,26). The van der Waals surface area contributed by atoms with Crippen LogP contribution in [-0.4, -0.2) is 22.5 Å². The summed E-state index contributed by atoms with van der Waals surface area (Å²) in [7, 11) is 0. The van der Waals surface area contributed by atoms with Crippen molar-refractivity contribution in [2.45, 2.75) is 26.8 Å². The van der Waals surface area contributed by atoms with E-state index < -0.39 is 0 Å². The monoisotopic (exact) mass is 348 g/mol. The maximum absolute atomic E-state index is 12.5. The Kier molecular flexibility index (Phi) is 4.98. The van der Waals surface area contributed by atoms with Gasteiger partial charge in [0, 0.05) is 28.4 Å². The van der Waals surface area contributed by atoms with E-state index in [9.17, 15) is 14.4 Å². The van der Waals surface area contributed by atoms with Gasteiger partial charge in [-0.1, -0.05) is 25.1 Å². The third kappa shape index (κ3) is 3.42. The van der Waals surface area contributed by atoms with E-state index >= 15 is 0 Å². The molecule has 5 heteroatoms. The predicted octanol–water partition coefficient (Wildman–Crippen LogP) is 3.86. The fourth-order valence-corrected chi connectivity index (χ4v) is 3.11. The highest BCUT2D eigenvalue weighted by atomic mass is 16.2. The zero-order valence-electron chi connectivity index (χ0n) is 14.8. The lowest BCUT2D eigenvalue weighted by molar-refractivity contribution is -0.116. The Balaban J connectivity index is 1.85. The first kappa shape index (κ1) is 17.6. The van der Waals surface area contributed by atoms with Crippen molar-refractivity contribution in [2.75, 3.05) is 5.32 Å². The summed E-state index contributed by atoms with van der Waals surface area (Å²) in [4.78, 5) is 35.1. The number of carbonyl (C=O) groups is 3. The number of benzene rings is 2. The molecule has 0 aliphatic rings. The average Bonchev–Trinajstić information content (AvgIpc) is 2.99. The van der Waals surface area contributed by atoms with Gasteiger partial charge in [0.25, 0.3) is 0 Å².